The zero-order valence-corrected chi connectivity index (χ0v) is 10.7. The number of aliphatic hydroxyl groups is 1. The molecule has 0 aromatic heterocycles. The lowest BCUT2D eigenvalue weighted by Crippen LogP contribution is -2.10. The van der Waals surface area contributed by atoms with Crippen LogP contribution < -0.4 is 0 Å². The third-order valence-electron chi connectivity index (χ3n) is 2.86. The number of ether oxygens (including phenoxy) is 1. The quantitative estimate of drug-likeness (QED) is 0.837. The molecule has 0 radical (unpaired) electrons. The van der Waals surface area contributed by atoms with Gasteiger partial charge in [-0.3, -0.25) is 0 Å². The van der Waals surface area contributed by atoms with E-state index in [9.17, 15) is 0 Å². The molecular weight excluding hydrogens is 248 g/mol. The highest BCUT2D eigenvalue weighted by molar-refractivity contribution is 6.31. The van der Waals surface area contributed by atoms with Gasteiger partial charge >= 0.3 is 0 Å². The summed E-state index contributed by atoms with van der Waals surface area (Å²) >= 11 is 6.23. The highest BCUT2D eigenvalue weighted by Crippen LogP contribution is 2.30. The van der Waals surface area contributed by atoms with E-state index in [0.717, 1.165) is 11.1 Å². The molecule has 2 nitrogen and oxygen atoms in total. The lowest BCUT2D eigenvalue weighted by molar-refractivity contribution is -0.00441. The SMILES string of the molecule is OCOCC(c1ccccc1)c1ccccc1Cl. The molecule has 2 aromatic carbocycles. The molecular formula is C15H15ClO2. The Bertz CT molecular complexity index is 485. The number of rotatable bonds is 5. The van der Waals surface area contributed by atoms with Gasteiger partial charge in [-0.1, -0.05) is 60.1 Å². The van der Waals surface area contributed by atoms with Crippen molar-refractivity contribution in [3.8, 4) is 0 Å². The smallest absolute Gasteiger partial charge is 0.143 e. The average molecular weight is 263 g/mol. The summed E-state index contributed by atoms with van der Waals surface area (Å²) in [4.78, 5) is 0. The topological polar surface area (TPSA) is 29.5 Å². The summed E-state index contributed by atoms with van der Waals surface area (Å²) in [5.41, 5.74) is 2.14. The van der Waals surface area contributed by atoms with Crippen molar-refractivity contribution in [2.45, 2.75) is 5.92 Å². The molecule has 0 fully saturated rings. The van der Waals surface area contributed by atoms with Crippen LogP contribution >= 0.6 is 11.6 Å². The van der Waals surface area contributed by atoms with Gasteiger partial charge in [0.1, 0.15) is 6.79 Å². The average Bonchev–Trinajstić information content (AvgIpc) is 2.42. The fraction of sp³-hybridized carbons (Fsp3) is 0.200. The van der Waals surface area contributed by atoms with E-state index in [1.807, 2.05) is 54.6 Å². The van der Waals surface area contributed by atoms with Crippen LogP contribution in [0.1, 0.15) is 17.0 Å². The summed E-state index contributed by atoms with van der Waals surface area (Å²) in [5.74, 6) is 0.0343. The Labute approximate surface area is 112 Å². The fourth-order valence-corrected chi connectivity index (χ4v) is 2.25. The molecule has 3 heteroatoms. The molecule has 0 aliphatic carbocycles. The van der Waals surface area contributed by atoms with Gasteiger partial charge in [0.25, 0.3) is 0 Å². The van der Waals surface area contributed by atoms with Gasteiger partial charge < -0.3 is 9.84 Å². The Hall–Kier alpha value is -1.35. The molecule has 1 unspecified atom stereocenters. The Morgan fingerprint density at radius 3 is 2.33 bits per heavy atom. The van der Waals surface area contributed by atoms with Crippen molar-refractivity contribution in [1.29, 1.82) is 0 Å². The molecule has 0 spiro atoms. The predicted molar refractivity (Wildman–Crippen MR) is 72.8 cm³/mol. The van der Waals surface area contributed by atoms with Gasteiger partial charge in [-0.2, -0.15) is 0 Å². The van der Waals surface area contributed by atoms with Gasteiger partial charge in [-0.05, 0) is 17.2 Å². The maximum absolute atomic E-state index is 8.82. The summed E-state index contributed by atoms with van der Waals surface area (Å²) in [7, 11) is 0. The molecule has 2 aromatic rings. The van der Waals surface area contributed by atoms with Crippen LogP contribution in [0.5, 0.6) is 0 Å². The maximum atomic E-state index is 8.82. The van der Waals surface area contributed by atoms with Crippen molar-refractivity contribution in [1.82, 2.24) is 0 Å². The molecule has 0 amide bonds. The number of benzene rings is 2. The Balaban J connectivity index is 2.34. The first kappa shape index (κ1) is 13.1. The van der Waals surface area contributed by atoms with Crippen molar-refractivity contribution >= 4 is 11.6 Å². The van der Waals surface area contributed by atoms with Gasteiger partial charge in [0.05, 0.1) is 6.61 Å². The van der Waals surface area contributed by atoms with Gasteiger partial charge in [0.15, 0.2) is 0 Å². The van der Waals surface area contributed by atoms with E-state index >= 15 is 0 Å². The van der Waals surface area contributed by atoms with Gasteiger partial charge in [-0.25, -0.2) is 0 Å². The van der Waals surface area contributed by atoms with Crippen LogP contribution in [0.3, 0.4) is 0 Å². The molecule has 0 saturated heterocycles. The third-order valence-corrected chi connectivity index (χ3v) is 3.20. The standard InChI is InChI=1S/C15H15ClO2/c16-15-9-5-4-8-13(15)14(10-18-11-17)12-6-2-1-3-7-12/h1-9,14,17H,10-11H2. The third kappa shape index (κ3) is 3.10. The Morgan fingerprint density at radius 2 is 1.67 bits per heavy atom. The Kier molecular flexibility index (Phi) is 4.76. The molecule has 0 aliphatic heterocycles. The van der Waals surface area contributed by atoms with Crippen LogP contribution in [0.15, 0.2) is 54.6 Å². The van der Waals surface area contributed by atoms with E-state index in [4.69, 9.17) is 21.4 Å². The number of halogens is 1. The van der Waals surface area contributed by atoms with E-state index in [1.54, 1.807) is 0 Å². The minimum atomic E-state index is -0.284. The highest BCUT2D eigenvalue weighted by Gasteiger charge is 2.16. The van der Waals surface area contributed by atoms with Crippen LogP contribution in [-0.2, 0) is 4.74 Å². The monoisotopic (exact) mass is 262 g/mol. The van der Waals surface area contributed by atoms with Gasteiger partial charge in [-0.15, -0.1) is 0 Å². The van der Waals surface area contributed by atoms with Crippen molar-refractivity contribution in [2.24, 2.45) is 0 Å². The van der Waals surface area contributed by atoms with Crippen LogP contribution in [0.2, 0.25) is 5.02 Å². The molecule has 2 rings (SSSR count). The van der Waals surface area contributed by atoms with Crippen LogP contribution in [0.25, 0.3) is 0 Å². The minimum absolute atomic E-state index is 0.0343. The van der Waals surface area contributed by atoms with E-state index in [-0.39, 0.29) is 12.7 Å². The second-order valence-corrected chi connectivity index (χ2v) is 4.39. The van der Waals surface area contributed by atoms with E-state index in [2.05, 4.69) is 0 Å². The molecule has 1 N–H and O–H groups in total. The van der Waals surface area contributed by atoms with Crippen molar-refractivity contribution in [3.63, 3.8) is 0 Å². The van der Waals surface area contributed by atoms with Crippen LogP contribution in [0.4, 0.5) is 0 Å². The second kappa shape index (κ2) is 6.55. The second-order valence-electron chi connectivity index (χ2n) is 3.98. The fourth-order valence-electron chi connectivity index (χ4n) is 1.98. The first-order chi connectivity index (χ1) is 8.83. The van der Waals surface area contributed by atoms with E-state index in [0.29, 0.717) is 11.6 Å². The molecule has 0 aliphatic rings. The lowest BCUT2D eigenvalue weighted by atomic mass is 9.92. The van der Waals surface area contributed by atoms with Crippen LogP contribution in [0, 0.1) is 0 Å². The summed E-state index contributed by atoms with van der Waals surface area (Å²) in [5, 5.41) is 9.54. The molecule has 0 heterocycles. The highest BCUT2D eigenvalue weighted by atomic mass is 35.5. The Morgan fingerprint density at radius 1 is 1.00 bits per heavy atom. The van der Waals surface area contributed by atoms with Crippen molar-refractivity contribution in [2.75, 3.05) is 13.4 Å². The molecule has 18 heavy (non-hydrogen) atoms. The van der Waals surface area contributed by atoms with Gasteiger partial charge in [0.2, 0.25) is 0 Å². The molecule has 0 saturated carbocycles. The largest absolute Gasteiger partial charge is 0.371 e. The zero-order valence-electron chi connectivity index (χ0n) is 9.92. The molecule has 1 atom stereocenters. The predicted octanol–water partition coefficient (Wildman–Crippen LogP) is 3.44. The summed E-state index contributed by atoms with van der Waals surface area (Å²) in [6.07, 6.45) is 0. The number of aliphatic hydroxyl groups excluding tert-OH is 1. The molecule has 94 valence electrons. The lowest BCUT2D eigenvalue weighted by Gasteiger charge is -2.18. The summed E-state index contributed by atoms with van der Waals surface area (Å²) in [6.45, 7) is 0.123. The number of hydrogen-bond donors (Lipinski definition) is 1. The molecule has 0 bridgehead atoms. The maximum Gasteiger partial charge on any atom is 0.143 e. The normalized spacial score (nSPS) is 12.3. The first-order valence-corrected chi connectivity index (χ1v) is 6.18. The number of hydrogen-bond acceptors (Lipinski definition) is 2. The van der Waals surface area contributed by atoms with E-state index in [1.165, 1.54) is 0 Å². The van der Waals surface area contributed by atoms with E-state index < -0.39 is 0 Å². The van der Waals surface area contributed by atoms with Crippen LogP contribution in [-0.4, -0.2) is 18.5 Å². The summed E-state index contributed by atoms with van der Waals surface area (Å²) in [6, 6.07) is 17.7. The summed E-state index contributed by atoms with van der Waals surface area (Å²) < 4.78 is 5.16. The van der Waals surface area contributed by atoms with Crippen molar-refractivity contribution < 1.29 is 9.84 Å². The minimum Gasteiger partial charge on any atom is -0.371 e. The van der Waals surface area contributed by atoms with Crippen molar-refractivity contribution in [3.05, 3.63) is 70.7 Å². The van der Waals surface area contributed by atoms with Gasteiger partial charge in [0, 0.05) is 10.9 Å². The zero-order chi connectivity index (χ0) is 12.8. The first-order valence-electron chi connectivity index (χ1n) is 5.81.